The van der Waals surface area contributed by atoms with Crippen LogP contribution in [0, 0.1) is 6.92 Å². The van der Waals surface area contributed by atoms with Gasteiger partial charge in [0.2, 0.25) is 10.0 Å². The van der Waals surface area contributed by atoms with Crippen molar-refractivity contribution < 1.29 is 13.2 Å². The molecule has 5 nitrogen and oxygen atoms in total. The van der Waals surface area contributed by atoms with Crippen LogP contribution >= 0.6 is 0 Å². The second kappa shape index (κ2) is 9.72. The van der Waals surface area contributed by atoms with Crippen LogP contribution in [-0.4, -0.2) is 46.6 Å². The van der Waals surface area contributed by atoms with E-state index in [1.165, 1.54) is 25.7 Å². The van der Waals surface area contributed by atoms with E-state index in [0.29, 0.717) is 17.0 Å². The molecule has 0 unspecified atom stereocenters. The molecule has 0 aromatic heterocycles. The number of hydrogen-bond acceptors (Lipinski definition) is 4. The first-order valence-electron chi connectivity index (χ1n) is 9.75. The Morgan fingerprint density at radius 3 is 2.38 bits per heavy atom. The zero-order valence-electron chi connectivity index (χ0n) is 16.7. The van der Waals surface area contributed by atoms with Crippen LogP contribution in [0.1, 0.15) is 63.0 Å². The number of benzene rings is 1. The quantitative estimate of drug-likeness (QED) is 0.697. The standard InChI is InChI=1S/C20H34N2O3S/c1-16(2)18-15-20(17(3)14-19(18)25-4)26(23,24)21-10-9-13-22-11-7-5-6-8-12-22/h14-16,21H,5-13H2,1-4H3. The van der Waals surface area contributed by atoms with Gasteiger partial charge in [-0.05, 0) is 75.0 Å². The number of nitrogens with one attached hydrogen (secondary N) is 1. The first kappa shape index (κ1) is 21.2. The maximum Gasteiger partial charge on any atom is 0.240 e. The van der Waals surface area contributed by atoms with E-state index in [4.69, 9.17) is 4.74 Å². The number of ether oxygens (including phenoxy) is 1. The Kier molecular flexibility index (Phi) is 7.92. The summed E-state index contributed by atoms with van der Waals surface area (Å²) in [6.07, 6.45) is 5.99. The Morgan fingerprint density at radius 1 is 1.15 bits per heavy atom. The van der Waals surface area contributed by atoms with Gasteiger partial charge in [0.1, 0.15) is 5.75 Å². The van der Waals surface area contributed by atoms with Crippen molar-refractivity contribution >= 4 is 10.0 Å². The van der Waals surface area contributed by atoms with Crippen molar-refractivity contribution in [2.45, 2.75) is 63.7 Å². The second-order valence-electron chi connectivity index (χ2n) is 7.52. The fourth-order valence-electron chi connectivity index (χ4n) is 3.54. The Bertz CT molecular complexity index is 679. The van der Waals surface area contributed by atoms with Crippen molar-refractivity contribution in [3.8, 4) is 5.75 Å². The van der Waals surface area contributed by atoms with E-state index in [1.807, 2.05) is 26.8 Å². The third-order valence-corrected chi connectivity index (χ3v) is 6.68. The molecular weight excluding hydrogens is 348 g/mol. The number of sulfonamides is 1. The fraction of sp³-hybridized carbons (Fsp3) is 0.700. The smallest absolute Gasteiger partial charge is 0.240 e. The lowest BCUT2D eigenvalue weighted by molar-refractivity contribution is 0.282. The van der Waals surface area contributed by atoms with E-state index < -0.39 is 10.0 Å². The normalized spacial score (nSPS) is 16.7. The molecule has 1 N–H and O–H groups in total. The molecule has 1 saturated heterocycles. The summed E-state index contributed by atoms with van der Waals surface area (Å²) >= 11 is 0. The van der Waals surface area contributed by atoms with Gasteiger partial charge in [-0.2, -0.15) is 0 Å². The minimum atomic E-state index is -3.51. The lowest BCUT2D eigenvalue weighted by atomic mass is 10.0. The number of rotatable bonds is 8. The number of methoxy groups -OCH3 is 1. The van der Waals surface area contributed by atoms with Crippen LogP contribution in [-0.2, 0) is 10.0 Å². The van der Waals surface area contributed by atoms with E-state index in [9.17, 15) is 8.42 Å². The summed E-state index contributed by atoms with van der Waals surface area (Å²) in [6, 6.07) is 3.58. The van der Waals surface area contributed by atoms with Crippen molar-refractivity contribution in [1.82, 2.24) is 9.62 Å². The highest BCUT2D eigenvalue weighted by Gasteiger charge is 2.20. The maximum absolute atomic E-state index is 12.8. The molecule has 1 aliphatic heterocycles. The molecule has 0 amide bonds. The van der Waals surface area contributed by atoms with Gasteiger partial charge in [-0.3, -0.25) is 0 Å². The van der Waals surface area contributed by atoms with Crippen LogP contribution in [0.3, 0.4) is 0 Å². The largest absolute Gasteiger partial charge is 0.496 e. The van der Waals surface area contributed by atoms with Crippen molar-refractivity contribution in [1.29, 1.82) is 0 Å². The molecule has 26 heavy (non-hydrogen) atoms. The van der Waals surface area contributed by atoms with Gasteiger partial charge in [0.05, 0.1) is 12.0 Å². The molecule has 1 aromatic carbocycles. The summed E-state index contributed by atoms with van der Waals surface area (Å²) in [7, 11) is -1.89. The molecule has 6 heteroatoms. The molecule has 0 aliphatic carbocycles. The number of aryl methyl sites for hydroxylation is 1. The van der Waals surface area contributed by atoms with E-state index in [0.717, 1.165) is 37.4 Å². The molecular formula is C20H34N2O3S. The Hall–Kier alpha value is -1.11. The number of likely N-dealkylation sites (tertiary alicyclic amines) is 1. The van der Waals surface area contributed by atoms with Crippen molar-refractivity contribution in [2.75, 3.05) is 33.3 Å². The van der Waals surface area contributed by atoms with Crippen LogP contribution in [0.5, 0.6) is 5.75 Å². The number of hydrogen-bond donors (Lipinski definition) is 1. The molecule has 0 saturated carbocycles. The summed E-state index contributed by atoms with van der Waals surface area (Å²) in [5.41, 5.74) is 1.63. The molecule has 2 rings (SSSR count). The molecule has 1 aromatic rings. The van der Waals surface area contributed by atoms with E-state index in [1.54, 1.807) is 13.2 Å². The zero-order valence-corrected chi connectivity index (χ0v) is 17.5. The van der Waals surface area contributed by atoms with E-state index >= 15 is 0 Å². The molecule has 0 bridgehead atoms. The summed E-state index contributed by atoms with van der Waals surface area (Å²) in [6.45, 7) is 9.61. The molecule has 1 aliphatic rings. The highest BCUT2D eigenvalue weighted by molar-refractivity contribution is 7.89. The van der Waals surface area contributed by atoms with Crippen molar-refractivity contribution in [3.05, 3.63) is 23.3 Å². The molecule has 1 fully saturated rings. The van der Waals surface area contributed by atoms with Gasteiger partial charge in [-0.1, -0.05) is 26.7 Å². The summed E-state index contributed by atoms with van der Waals surface area (Å²) in [4.78, 5) is 2.81. The third kappa shape index (κ3) is 5.69. The molecule has 0 spiro atoms. The molecule has 0 atom stereocenters. The van der Waals surface area contributed by atoms with Gasteiger partial charge in [0.15, 0.2) is 0 Å². The predicted octanol–water partition coefficient (Wildman–Crippen LogP) is 3.67. The fourth-order valence-corrected chi connectivity index (χ4v) is 4.88. The van der Waals surface area contributed by atoms with Gasteiger partial charge < -0.3 is 9.64 Å². The lowest BCUT2D eigenvalue weighted by Gasteiger charge is -2.20. The summed E-state index contributed by atoms with van der Waals surface area (Å²) in [5, 5.41) is 0. The lowest BCUT2D eigenvalue weighted by Crippen LogP contribution is -2.31. The monoisotopic (exact) mass is 382 g/mol. The summed E-state index contributed by atoms with van der Waals surface area (Å²) < 4.78 is 33.7. The zero-order chi connectivity index (χ0) is 19.2. The van der Waals surface area contributed by atoms with Crippen LogP contribution in [0.2, 0.25) is 0 Å². The van der Waals surface area contributed by atoms with Crippen LogP contribution in [0.25, 0.3) is 0 Å². The molecule has 148 valence electrons. The van der Waals surface area contributed by atoms with Gasteiger partial charge in [-0.25, -0.2) is 13.1 Å². The van der Waals surface area contributed by atoms with Crippen molar-refractivity contribution in [3.63, 3.8) is 0 Å². The van der Waals surface area contributed by atoms with Crippen LogP contribution in [0.15, 0.2) is 17.0 Å². The first-order chi connectivity index (χ1) is 12.3. The van der Waals surface area contributed by atoms with E-state index in [-0.39, 0.29) is 5.92 Å². The summed E-state index contributed by atoms with van der Waals surface area (Å²) in [5.74, 6) is 0.945. The van der Waals surface area contributed by atoms with Gasteiger partial charge in [0.25, 0.3) is 0 Å². The topological polar surface area (TPSA) is 58.6 Å². The molecule has 1 heterocycles. The van der Waals surface area contributed by atoms with Crippen LogP contribution in [0.4, 0.5) is 0 Å². The molecule has 0 radical (unpaired) electrons. The van der Waals surface area contributed by atoms with Gasteiger partial charge in [-0.15, -0.1) is 0 Å². The minimum Gasteiger partial charge on any atom is -0.496 e. The average molecular weight is 383 g/mol. The van der Waals surface area contributed by atoms with Crippen molar-refractivity contribution in [2.24, 2.45) is 0 Å². The SMILES string of the molecule is COc1cc(C)c(S(=O)(=O)NCCCN2CCCCCC2)cc1C(C)C. The Labute approximate surface area is 159 Å². The second-order valence-corrected chi connectivity index (χ2v) is 9.26. The predicted molar refractivity (Wildman–Crippen MR) is 107 cm³/mol. The highest BCUT2D eigenvalue weighted by atomic mass is 32.2. The maximum atomic E-state index is 12.8. The van der Waals surface area contributed by atoms with Crippen LogP contribution < -0.4 is 9.46 Å². The third-order valence-electron chi connectivity index (χ3n) is 5.08. The Morgan fingerprint density at radius 2 is 1.81 bits per heavy atom. The average Bonchev–Trinajstić information content (AvgIpc) is 2.86. The van der Waals surface area contributed by atoms with E-state index in [2.05, 4.69) is 9.62 Å². The highest BCUT2D eigenvalue weighted by Crippen LogP contribution is 2.31. The minimum absolute atomic E-state index is 0.197. The Balaban J connectivity index is 1.99. The first-order valence-corrected chi connectivity index (χ1v) is 11.2. The van der Waals surface area contributed by atoms with Gasteiger partial charge >= 0.3 is 0 Å². The van der Waals surface area contributed by atoms with Gasteiger partial charge in [0, 0.05) is 6.54 Å². The number of nitrogens with zero attached hydrogens (tertiary/aromatic N) is 1.